The van der Waals surface area contributed by atoms with Gasteiger partial charge in [0.05, 0.1) is 18.2 Å². The fourth-order valence-corrected chi connectivity index (χ4v) is 3.77. The van der Waals surface area contributed by atoms with Crippen molar-refractivity contribution in [2.24, 2.45) is 5.41 Å². The number of nitrogens with zero attached hydrogens (tertiary/aromatic N) is 3. The number of halogens is 9. The average molecular weight is 868 g/mol. The van der Waals surface area contributed by atoms with Gasteiger partial charge in [-0.25, -0.2) is 25.3 Å². The maximum absolute atomic E-state index is 10.7. The summed E-state index contributed by atoms with van der Waals surface area (Å²) in [6.07, 6.45) is 1.31. The Morgan fingerprint density at radius 2 is 0.787 bits per heavy atom. The molecule has 0 aromatic heterocycles. The van der Waals surface area contributed by atoms with Crippen LogP contribution in [0.25, 0.3) is 0 Å². The molecule has 0 N–H and O–H groups in total. The predicted molar refractivity (Wildman–Crippen MR) is 144 cm³/mol. The van der Waals surface area contributed by atoms with Gasteiger partial charge in [-0.05, 0) is 23.5 Å². The predicted octanol–water partition coefficient (Wildman–Crippen LogP) is 5.21. The summed E-state index contributed by atoms with van der Waals surface area (Å²) >= 11 is 0. The van der Waals surface area contributed by atoms with Crippen molar-refractivity contribution in [3.05, 3.63) is 30.3 Å². The van der Waals surface area contributed by atoms with Crippen LogP contribution in [0.2, 0.25) is 0 Å². The molecule has 0 amide bonds. The van der Waals surface area contributed by atoms with Crippen LogP contribution in [0.1, 0.15) is 41.5 Å². The van der Waals surface area contributed by atoms with Crippen LogP contribution >= 0.6 is 7.92 Å². The Hall–Kier alpha value is -2.16. The fraction of sp³-hybridized carbons (Fsp3) is 0.571. The molecule has 0 saturated carbocycles. The normalized spacial score (nSPS) is 11.6. The minimum absolute atomic E-state index is 0. The molecule has 26 heteroatoms. The standard InChI is InChI=1S/C12H19P.3C2H3N.3CHF3O3S.Rh/c1-12(2,3)10-13(4)11-8-6-5-7-9-11;3*1-2-3;3*2-1(3,4)8(5,6)7;/h5-9H,10H2,1-4H3;3*1H3;3*(H,5,6,7);/q;;;;;;;+3/p-3. The number of hydrogen-bond donors (Lipinski definition) is 0. The van der Waals surface area contributed by atoms with E-state index in [0.717, 1.165) is 0 Å². The molecule has 12 nitrogen and oxygen atoms in total. The van der Waals surface area contributed by atoms with Crippen LogP contribution < -0.4 is 5.30 Å². The third-order valence-corrected chi connectivity index (χ3v) is 7.06. The Labute approximate surface area is 281 Å². The van der Waals surface area contributed by atoms with Gasteiger partial charge in [0.1, 0.15) is 0 Å². The van der Waals surface area contributed by atoms with E-state index in [-0.39, 0.29) is 27.4 Å². The zero-order valence-electron chi connectivity index (χ0n) is 25.0. The molecule has 0 aliphatic carbocycles. The number of rotatable bonds is 2. The van der Waals surface area contributed by atoms with E-state index in [9.17, 15) is 39.5 Å². The zero-order chi connectivity index (χ0) is 39.0. The van der Waals surface area contributed by atoms with Gasteiger partial charge in [-0.3, -0.25) is 0 Å². The van der Waals surface area contributed by atoms with Gasteiger partial charge in [-0.2, -0.15) is 55.3 Å². The van der Waals surface area contributed by atoms with Gasteiger partial charge in [0, 0.05) is 20.8 Å². The summed E-state index contributed by atoms with van der Waals surface area (Å²) in [5.41, 5.74) is -16.5. The Morgan fingerprint density at radius 1 is 0.617 bits per heavy atom. The third kappa shape index (κ3) is 43.8. The largest absolute Gasteiger partial charge is 3.00 e. The van der Waals surface area contributed by atoms with Crippen molar-refractivity contribution in [2.75, 3.05) is 12.8 Å². The number of alkyl halides is 9. The first-order valence-electron chi connectivity index (χ1n) is 10.7. The maximum Gasteiger partial charge on any atom is 3.00 e. The second kappa shape index (κ2) is 26.8. The number of nitriles is 3. The summed E-state index contributed by atoms with van der Waals surface area (Å²) < 4.78 is 177. The summed E-state index contributed by atoms with van der Waals surface area (Å²) in [4.78, 5) is 0. The van der Waals surface area contributed by atoms with E-state index in [0.29, 0.717) is 5.41 Å². The van der Waals surface area contributed by atoms with Gasteiger partial charge in [0.2, 0.25) is 0 Å². The monoisotopic (exact) mass is 867 g/mol. The summed E-state index contributed by atoms with van der Waals surface area (Å²) in [5, 5.41) is 23.5. The Kier molecular flexibility index (Phi) is 34.3. The Balaban J connectivity index is -0.0000000846. The van der Waals surface area contributed by atoms with Crippen LogP contribution in [0.5, 0.6) is 0 Å². The fourth-order valence-electron chi connectivity index (χ4n) is 1.49. The molecule has 0 saturated heterocycles. The maximum atomic E-state index is 10.7. The second-order valence-electron chi connectivity index (χ2n) is 8.12. The topological polar surface area (TPSA) is 243 Å². The van der Waals surface area contributed by atoms with Gasteiger partial charge >= 0.3 is 36.0 Å². The van der Waals surface area contributed by atoms with Crippen LogP contribution in [0.3, 0.4) is 0 Å². The zero-order valence-corrected chi connectivity index (χ0v) is 30.0. The van der Waals surface area contributed by atoms with Crippen molar-refractivity contribution in [1.82, 2.24) is 0 Å². The molecule has 276 valence electrons. The number of benzene rings is 1. The molecule has 1 unspecified atom stereocenters. The van der Waals surface area contributed by atoms with Crippen LogP contribution in [0, 0.1) is 39.4 Å². The van der Waals surface area contributed by atoms with Crippen LogP contribution in [0.15, 0.2) is 30.3 Å². The minimum Gasteiger partial charge on any atom is -0.741 e. The summed E-state index contributed by atoms with van der Waals surface area (Å²) in [7, 11) is -18.2. The molecular formula is C21H28F9N3O9PRhS3. The average Bonchev–Trinajstić information content (AvgIpc) is 2.77. The van der Waals surface area contributed by atoms with Crippen LogP contribution in [0.4, 0.5) is 39.5 Å². The quantitative estimate of drug-likeness (QED) is 0.122. The minimum atomic E-state index is -6.09. The summed E-state index contributed by atoms with van der Waals surface area (Å²) in [5.74, 6) is 0. The molecule has 0 bridgehead atoms. The third-order valence-electron chi connectivity index (χ3n) is 2.76. The molecule has 0 spiro atoms. The molecule has 47 heavy (non-hydrogen) atoms. The Bertz CT molecular complexity index is 1290. The molecular weight excluding hydrogens is 839 g/mol. The van der Waals surface area contributed by atoms with Gasteiger partial charge in [-0.15, -0.1) is 0 Å². The molecule has 1 aromatic carbocycles. The smallest absolute Gasteiger partial charge is 0.741 e. The van der Waals surface area contributed by atoms with Gasteiger partial charge in [-0.1, -0.05) is 59.0 Å². The van der Waals surface area contributed by atoms with Crippen molar-refractivity contribution >= 4 is 43.6 Å². The first-order valence-corrected chi connectivity index (χ1v) is 16.9. The SMILES string of the molecule is CC#N.CC#N.CC#N.CP(CC(C)(C)C)c1ccccc1.O=S(=O)([O-])C(F)(F)F.O=S(=O)([O-])C(F)(F)F.O=S(=O)([O-])C(F)(F)F.[Rh+3]. The van der Waals surface area contributed by atoms with E-state index in [1.54, 1.807) is 18.2 Å². The Morgan fingerprint density at radius 3 is 0.915 bits per heavy atom. The van der Waals surface area contributed by atoms with E-state index in [4.69, 9.17) is 54.7 Å². The molecule has 1 rings (SSSR count). The molecule has 1 atom stereocenters. The molecule has 0 fully saturated rings. The summed E-state index contributed by atoms with van der Waals surface area (Å²) in [6, 6.07) is 16.1. The molecule has 0 aliphatic heterocycles. The molecule has 0 heterocycles. The van der Waals surface area contributed by atoms with E-state index in [1.807, 2.05) is 0 Å². The number of hydrogen-bond acceptors (Lipinski definition) is 12. The van der Waals surface area contributed by atoms with E-state index >= 15 is 0 Å². The second-order valence-corrected chi connectivity index (χ2v) is 14.5. The van der Waals surface area contributed by atoms with Crippen molar-refractivity contribution < 1.29 is 97.9 Å². The van der Waals surface area contributed by atoms with Crippen molar-refractivity contribution in [1.29, 1.82) is 15.8 Å². The van der Waals surface area contributed by atoms with E-state index in [2.05, 4.69) is 57.8 Å². The first-order chi connectivity index (χ1) is 20.0. The van der Waals surface area contributed by atoms with Crippen LogP contribution in [-0.4, -0.2) is 68.3 Å². The van der Waals surface area contributed by atoms with E-state index < -0.39 is 46.9 Å². The van der Waals surface area contributed by atoms with Gasteiger partial charge in [0.15, 0.2) is 30.4 Å². The molecule has 0 radical (unpaired) electrons. The van der Waals surface area contributed by atoms with Crippen LogP contribution in [-0.2, 0) is 49.8 Å². The van der Waals surface area contributed by atoms with E-state index in [1.165, 1.54) is 32.2 Å². The summed E-state index contributed by atoms with van der Waals surface area (Å²) in [6.45, 7) is 13.6. The van der Waals surface area contributed by atoms with Crippen molar-refractivity contribution in [3.63, 3.8) is 0 Å². The van der Waals surface area contributed by atoms with Gasteiger partial charge in [0.25, 0.3) is 0 Å². The van der Waals surface area contributed by atoms with Crippen molar-refractivity contribution in [3.8, 4) is 18.2 Å². The molecule has 0 aliphatic rings. The molecule has 1 aromatic rings. The van der Waals surface area contributed by atoms with Gasteiger partial charge < -0.3 is 13.7 Å². The van der Waals surface area contributed by atoms with Crippen molar-refractivity contribution in [2.45, 2.75) is 58.1 Å². The first kappa shape index (κ1) is 60.2.